The maximum atomic E-state index is 13.1. The number of aliphatic hydroxyl groups excluding tert-OH is 1. The number of nitrogens with zero attached hydrogens (tertiary/aromatic N) is 1. The van der Waals surface area contributed by atoms with Gasteiger partial charge in [-0.05, 0) is 44.1 Å². The molecule has 0 amide bonds. The smallest absolute Gasteiger partial charge is 0.338 e. The van der Waals surface area contributed by atoms with Gasteiger partial charge in [-0.3, -0.25) is 0 Å². The fourth-order valence-electron chi connectivity index (χ4n) is 4.28. The molecule has 0 aromatic heterocycles. The molecule has 3 aliphatic rings. The molecule has 150 valence electrons. The van der Waals surface area contributed by atoms with Crippen LogP contribution in [0.5, 0.6) is 0 Å². The minimum atomic E-state index is -1.28. The van der Waals surface area contributed by atoms with Gasteiger partial charge in [-0.15, -0.1) is 0 Å². The Morgan fingerprint density at radius 3 is 2.68 bits per heavy atom. The first-order valence-corrected chi connectivity index (χ1v) is 9.42. The number of fused-ring (bicyclic) bond motifs is 1. The van der Waals surface area contributed by atoms with Crippen LogP contribution in [0.25, 0.3) is 0 Å². The molecule has 4 atom stereocenters. The van der Waals surface area contributed by atoms with Crippen LogP contribution in [-0.2, 0) is 23.7 Å². The van der Waals surface area contributed by atoms with E-state index in [-0.39, 0.29) is 18.6 Å². The monoisotopic (exact) mass is 387 g/mol. The molecule has 2 aliphatic heterocycles. The number of methoxy groups -OCH3 is 1. The molecule has 7 nitrogen and oxygen atoms in total. The Kier molecular flexibility index (Phi) is 4.77. The topological polar surface area (TPSA) is 86.6 Å². The molecule has 2 heterocycles. The minimum absolute atomic E-state index is 0.120. The predicted octanol–water partition coefficient (Wildman–Crippen LogP) is 1.83. The number of carbonyl (C=O) groups excluding carboxylic acids is 1. The van der Waals surface area contributed by atoms with Crippen LogP contribution in [0.15, 0.2) is 47.0 Å². The van der Waals surface area contributed by atoms with E-state index in [1.165, 1.54) is 7.11 Å². The Labute approximate surface area is 164 Å². The molecule has 1 aromatic rings. The van der Waals surface area contributed by atoms with Crippen LogP contribution in [0.1, 0.15) is 25.8 Å². The van der Waals surface area contributed by atoms with Crippen molar-refractivity contribution in [1.82, 2.24) is 0 Å². The maximum absolute atomic E-state index is 13.1. The van der Waals surface area contributed by atoms with Crippen LogP contribution in [-0.4, -0.2) is 60.8 Å². The van der Waals surface area contributed by atoms with Gasteiger partial charge in [0, 0.05) is 11.5 Å². The normalized spacial score (nSPS) is 33.5. The summed E-state index contributed by atoms with van der Waals surface area (Å²) >= 11 is 0. The van der Waals surface area contributed by atoms with E-state index >= 15 is 0 Å². The second kappa shape index (κ2) is 6.99. The van der Waals surface area contributed by atoms with E-state index in [0.717, 1.165) is 11.1 Å². The number of rotatable bonds is 4. The number of hydrogen-bond donors (Lipinski definition) is 1. The lowest BCUT2D eigenvalue weighted by atomic mass is 9.69. The van der Waals surface area contributed by atoms with Crippen molar-refractivity contribution in [3.63, 3.8) is 0 Å². The zero-order valence-electron chi connectivity index (χ0n) is 16.3. The van der Waals surface area contributed by atoms with Crippen LogP contribution < -0.4 is 0 Å². The average molecular weight is 387 g/mol. The third-order valence-electron chi connectivity index (χ3n) is 5.61. The fraction of sp³-hybridized carbons (Fsp3) is 0.524. The van der Waals surface area contributed by atoms with Gasteiger partial charge in [0.05, 0.1) is 26.4 Å². The molecule has 7 heteroatoms. The quantitative estimate of drug-likeness (QED) is 0.627. The molecule has 0 saturated carbocycles. The van der Waals surface area contributed by atoms with Gasteiger partial charge in [0.1, 0.15) is 0 Å². The van der Waals surface area contributed by atoms with E-state index in [9.17, 15) is 9.90 Å². The molecule has 1 aliphatic carbocycles. The molecule has 0 spiro atoms. The van der Waals surface area contributed by atoms with Gasteiger partial charge in [0.25, 0.3) is 0 Å². The summed E-state index contributed by atoms with van der Waals surface area (Å²) in [6, 6.07) is 9.44. The summed E-state index contributed by atoms with van der Waals surface area (Å²) < 4.78 is 23.1. The summed E-state index contributed by atoms with van der Waals surface area (Å²) in [5.74, 6) is -1.23. The molecular weight excluding hydrogens is 362 g/mol. The van der Waals surface area contributed by atoms with Crippen LogP contribution >= 0.6 is 0 Å². The number of aliphatic imine (C=N–C) groups is 1. The third kappa shape index (κ3) is 3.03. The number of benzene rings is 1. The van der Waals surface area contributed by atoms with E-state index in [1.807, 2.05) is 44.2 Å². The van der Waals surface area contributed by atoms with Crippen molar-refractivity contribution in [3.05, 3.63) is 47.5 Å². The Morgan fingerprint density at radius 2 is 2.07 bits per heavy atom. The number of hydrogen-bond acceptors (Lipinski definition) is 7. The Balaban J connectivity index is 1.81. The lowest BCUT2D eigenvalue weighted by Crippen LogP contribution is -2.58. The standard InChI is InChI=1S/C21H25NO6/c1-20(2)26-12-16(28-20)15-9-13(11-23)10-17-21(15,19(24)25-3)22-18(27-17)14-7-5-4-6-8-14/h4-8,10,15-17,23H,9,11-12H2,1-3H3/t15-,16-,17-,21+/m0/s1. The molecular formula is C21H25NO6. The Morgan fingerprint density at radius 1 is 1.32 bits per heavy atom. The molecule has 1 saturated heterocycles. The van der Waals surface area contributed by atoms with Crippen molar-refractivity contribution in [3.8, 4) is 0 Å². The molecule has 0 bridgehead atoms. The minimum Gasteiger partial charge on any atom is -0.467 e. The molecule has 1 aromatic carbocycles. The fourth-order valence-corrected chi connectivity index (χ4v) is 4.28. The number of ether oxygens (including phenoxy) is 4. The molecule has 0 unspecified atom stereocenters. The van der Waals surface area contributed by atoms with E-state index in [0.29, 0.717) is 18.9 Å². The van der Waals surface area contributed by atoms with Gasteiger partial charge in [0.15, 0.2) is 11.9 Å². The van der Waals surface area contributed by atoms with Gasteiger partial charge in [-0.1, -0.05) is 18.2 Å². The zero-order valence-corrected chi connectivity index (χ0v) is 16.3. The Hall–Kier alpha value is -2.22. The number of carbonyl (C=O) groups is 1. The summed E-state index contributed by atoms with van der Waals surface area (Å²) in [6.45, 7) is 3.89. The van der Waals surface area contributed by atoms with Crippen LogP contribution in [0, 0.1) is 5.92 Å². The van der Waals surface area contributed by atoms with Crippen molar-refractivity contribution >= 4 is 11.9 Å². The van der Waals surface area contributed by atoms with Gasteiger partial charge in [0.2, 0.25) is 11.4 Å². The number of aliphatic hydroxyl groups is 1. The van der Waals surface area contributed by atoms with Gasteiger partial charge in [-0.2, -0.15) is 0 Å². The number of esters is 1. The van der Waals surface area contributed by atoms with E-state index in [4.69, 9.17) is 23.9 Å². The van der Waals surface area contributed by atoms with Crippen molar-refractivity contribution in [2.75, 3.05) is 20.3 Å². The molecule has 28 heavy (non-hydrogen) atoms. The molecule has 4 rings (SSSR count). The van der Waals surface area contributed by atoms with Crippen molar-refractivity contribution in [2.45, 2.75) is 43.8 Å². The lowest BCUT2D eigenvalue weighted by Gasteiger charge is -2.41. The van der Waals surface area contributed by atoms with Gasteiger partial charge >= 0.3 is 5.97 Å². The SMILES string of the molecule is COC(=O)[C@]12N=C(c3ccccc3)O[C@H]1C=C(CO)C[C@H]2[C@@H]1COC(C)(C)O1. The van der Waals surface area contributed by atoms with Crippen molar-refractivity contribution < 1.29 is 28.8 Å². The maximum Gasteiger partial charge on any atom is 0.338 e. The molecule has 0 radical (unpaired) electrons. The first kappa shape index (κ1) is 19.1. The second-order valence-corrected chi connectivity index (χ2v) is 7.80. The molecule has 1 N–H and O–H groups in total. The van der Waals surface area contributed by atoms with Crippen molar-refractivity contribution in [2.24, 2.45) is 10.9 Å². The largest absolute Gasteiger partial charge is 0.467 e. The van der Waals surface area contributed by atoms with Crippen LogP contribution in [0.3, 0.4) is 0 Å². The zero-order chi connectivity index (χ0) is 19.9. The van der Waals surface area contributed by atoms with E-state index < -0.39 is 23.4 Å². The van der Waals surface area contributed by atoms with Crippen LogP contribution in [0.4, 0.5) is 0 Å². The summed E-state index contributed by atoms with van der Waals surface area (Å²) in [5.41, 5.74) is 0.279. The highest BCUT2D eigenvalue weighted by Gasteiger charge is 2.63. The third-order valence-corrected chi connectivity index (χ3v) is 5.61. The Bertz CT molecular complexity index is 817. The average Bonchev–Trinajstić information content (AvgIpc) is 3.27. The summed E-state index contributed by atoms with van der Waals surface area (Å²) in [5, 5.41) is 9.79. The summed E-state index contributed by atoms with van der Waals surface area (Å²) in [7, 11) is 1.35. The van der Waals surface area contributed by atoms with Gasteiger partial charge in [-0.25, -0.2) is 9.79 Å². The van der Waals surface area contributed by atoms with E-state index in [1.54, 1.807) is 6.08 Å². The highest BCUT2D eigenvalue weighted by atomic mass is 16.7. The predicted molar refractivity (Wildman–Crippen MR) is 101 cm³/mol. The second-order valence-electron chi connectivity index (χ2n) is 7.80. The summed E-state index contributed by atoms with van der Waals surface area (Å²) in [6.07, 6.45) is 1.17. The van der Waals surface area contributed by atoms with E-state index in [2.05, 4.69) is 0 Å². The first-order valence-electron chi connectivity index (χ1n) is 9.42. The highest BCUT2D eigenvalue weighted by Crippen LogP contribution is 2.47. The lowest BCUT2D eigenvalue weighted by molar-refractivity contribution is -0.164. The summed E-state index contributed by atoms with van der Waals surface area (Å²) in [4.78, 5) is 17.9. The van der Waals surface area contributed by atoms with Crippen LogP contribution in [0.2, 0.25) is 0 Å². The first-order chi connectivity index (χ1) is 13.4. The highest BCUT2D eigenvalue weighted by molar-refractivity contribution is 6.00. The molecule has 1 fully saturated rings. The van der Waals surface area contributed by atoms with Gasteiger partial charge < -0.3 is 24.1 Å². The van der Waals surface area contributed by atoms with Crippen molar-refractivity contribution in [1.29, 1.82) is 0 Å².